The van der Waals surface area contributed by atoms with Gasteiger partial charge in [0.1, 0.15) is 0 Å². The molecule has 1 amide bonds. The van der Waals surface area contributed by atoms with Crippen LogP contribution in [-0.2, 0) is 4.79 Å². The first-order valence-corrected chi connectivity index (χ1v) is 6.34. The van der Waals surface area contributed by atoms with Crippen molar-refractivity contribution in [3.05, 3.63) is 0 Å². The number of carbonyl (C=O) groups excluding carboxylic acids is 1. The summed E-state index contributed by atoms with van der Waals surface area (Å²) in [4.78, 5) is 12.1. The molecular weight excluding hydrogens is 245 g/mol. The second kappa shape index (κ2) is 5.91. The summed E-state index contributed by atoms with van der Waals surface area (Å²) in [6, 6.07) is 0. The lowest BCUT2D eigenvalue weighted by molar-refractivity contribution is -0.138. The predicted octanol–water partition coefficient (Wildman–Crippen LogP) is 2.08. The van der Waals surface area contributed by atoms with Gasteiger partial charge in [-0.2, -0.15) is 13.2 Å². The van der Waals surface area contributed by atoms with Crippen molar-refractivity contribution in [2.75, 3.05) is 19.6 Å². The fourth-order valence-electron chi connectivity index (χ4n) is 2.33. The van der Waals surface area contributed by atoms with Crippen LogP contribution in [0.3, 0.4) is 0 Å². The Morgan fingerprint density at radius 1 is 1.44 bits per heavy atom. The highest BCUT2D eigenvalue weighted by Gasteiger charge is 2.43. The predicted molar refractivity (Wildman–Crippen MR) is 63.1 cm³/mol. The van der Waals surface area contributed by atoms with Gasteiger partial charge in [0.2, 0.25) is 5.91 Å². The van der Waals surface area contributed by atoms with Gasteiger partial charge in [-0.25, -0.2) is 0 Å². The van der Waals surface area contributed by atoms with Crippen LogP contribution in [0.5, 0.6) is 0 Å². The van der Waals surface area contributed by atoms with Gasteiger partial charge in [0, 0.05) is 19.5 Å². The number of amides is 1. The normalized spacial score (nSPS) is 24.6. The number of halogens is 3. The molecule has 1 fully saturated rings. The Morgan fingerprint density at radius 3 is 2.56 bits per heavy atom. The second-order valence-corrected chi connectivity index (χ2v) is 5.21. The molecule has 6 heteroatoms. The fraction of sp³-hybridized carbons (Fsp3) is 0.917. The third kappa shape index (κ3) is 3.86. The third-order valence-corrected chi connectivity index (χ3v) is 3.67. The molecule has 0 spiro atoms. The molecule has 0 aromatic heterocycles. The number of nitrogens with one attached hydrogen (secondary N) is 2. The number of rotatable bonds is 5. The van der Waals surface area contributed by atoms with E-state index in [1.807, 2.05) is 13.8 Å². The Bertz CT molecular complexity index is 284. The van der Waals surface area contributed by atoms with Crippen LogP contribution in [0, 0.1) is 11.3 Å². The highest BCUT2D eigenvalue weighted by molar-refractivity contribution is 5.83. The van der Waals surface area contributed by atoms with E-state index in [2.05, 4.69) is 10.6 Å². The number of alkyl halides is 3. The molecule has 1 heterocycles. The van der Waals surface area contributed by atoms with Gasteiger partial charge in [-0.3, -0.25) is 4.79 Å². The summed E-state index contributed by atoms with van der Waals surface area (Å²) < 4.78 is 35.9. The summed E-state index contributed by atoms with van der Waals surface area (Å²) in [6.45, 7) is 5.43. The van der Waals surface area contributed by atoms with Crippen molar-refractivity contribution in [1.29, 1.82) is 0 Å². The van der Waals surface area contributed by atoms with Crippen LogP contribution in [0.25, 0.3) is 0 Å². The monoisotopic (exact) mass is 266 g/mol. The highest BCUT2D eigenvalue weighted by Crippen LogP contribution is 2.34. The molecule has 0 aromatic carbocycles. The van der Waals surface area contributed by atoms with Gasteiger partial charge >= 0.3 is 6.18 Å². The van der Waals surface area contributed by atoms with Gasteiger partial charge in [-0.15, -0.1) is 0 Å². The Balaban J connectivity index is 2.39. The van der Waals surface area contributed by atoms with E-state index in [9.17, 15) is 18.0 Å². The summed E-state index contributed by atoms with van der Waals surface area (Å²) in [6.07, 6.45) is -4.30. The summed E-state index contributed by atoms with van der Waals surface area (Å²) in [5.74, 6) is 0.0554. The summed E-state index contributed by atoms with van der Waals surface area (Å²) in [7, 11) is 0. The average molecular weight is 266 g/mol. The first-order valence-electron chi connectivity index (χ1n) is 6.34. The Kier molecular flexibility index (Phi) is 5.01. The number of hydrogen-bond donors (Lipinski definition) is 2. The summed E-state index contributed by atoms with van der Waals surface area (Å²) in [5.41, 5.74) is -0.460. The van der Waals surface area contributed by atoms with Crippen LogP contribution < -0.4 is 10.6 Å². The van der Waals surface area contributed by atoms with E-state index < -0.39 is 18.0 Å². The first-order chi connectivity index (χ1) is 8.28. The molecule has 1 saturated heterocycles. The van der Waals surface area contributed by atoms with E-state index in [1.54, 1.807) is 0 Å². The molecule has 0 aromatic rings. The van der Waals surface area contributed by atoms with E-state index in [-0.39, 0.29) is 24.8 Å². The fourth-order valence-corrected chi connectivity index (χ4v) is 2.33. The van der Waals surface area contributed by atoms with Gasteiger partial charge in [-0.1, -0.05) is 13.8 Å². The van der Waals surface area contributed by atoms with Crippen LogP contribution >= 0.6 is 0 Å². The van der Waals surface area contributed by atoms with Gasteiger partial charge in [0.05, 0.1) is 5.41 Å². The molecule has 0 saturated carbocycles. The van der Waals surface area contributed by atoms with E-state index in [4.69, 9.17) is 0 Å². The largest absolute Gasteiger partial charge is 0.389 e. The smallest absolute Gasteiger partial charge is 0.356 e. The minimum absolute atomic E-state index is 0.0587. The summed E-state index contributed by atoms with van der Waals surface area (Å²) in [5, 5.41) is 5.79. The van der Waals surface area contributed by atoms with E-state index in [0.29, 0.717) is 6.54 Å². The zero-order valence-corrected chi connectivity index (χ0v) is 10.9. The van der Waals surface area contributed by atoms with Crippen molar-refractivity contribution >= 4 is 5.91 Å². The highest BCUT2D eigenvalue weighted by atomic mass is 19.4. The average Bonchev–Trinajstić information content (AvgIpc) is 2.72. The van der Waals surface area contributed by atoms with Gasteiger partial charge in [0.25, 0.3) is 0 Å². The van der Waals surface area contributed by atoms with Crippen LogP contribution in [-0.4, -0.2) is 31.7 Å². The lowest BCUT2D eigenvalue weighted by Crippen LogP contribution is -2.46. The summed E-state index contributed by atoms with van der Waals surface area (Å²) >= 11 is 0. The minimum Gasteiger partial charge on any atom is -0.356 e. The zero-order chi connectivity index (χ0) is 13.8. The zero-order valence-electron chi connectivity index (χ0n) is 10.9. The van der Waals surface area contributed by atoms with E-state index >= 15 is 0 Å². The van der Waals surface area contributed by atoms with E-state index in [0.717, 1.165) is 13.0 Å². The molecule has 0 aliphatic carbocycles. The lowest BCUT2D eigenvalue weighted by atomic mass is 9.75. The Hall–Kier alpha value is -0.780. The molecule has 1 unspecified atom stereocenters. The van der Waals surface area contributed by atoms with Crippen molar-refractivity contribution in [3.63, 3.8) is 0 Å². The van der Waals surface area contributed by atoms with Crippen LogP contribution in [0.2, 0.25) is 0 Å². The minimum atomic E-state index is -4.14. The van der Waals surface area contributed by atoms with Gasteiger partial charge < -0.3 is 10.6 Å². The Labute approximate surface area is 106 Å². The molecule has 18 heavy (non-hydrogen) atoms. The van der Waals surface area contributed by atoms with Crippen LogP contribution in [0.15, 0.2) is 0 Å². The lowest BCUT2D eigenvalue weighted by Gasteiger charge is -2.31. The van der Waals surface area contributed by atoms with Crippen molar-refractivity contribution in [1.82, 2.24) is 10.6 Å². The molecule has 1 rings (SSSR count). The molecule has 0 radical (unpaired) electrons. The first kappa shape index (κ1) is 15.3. The maximum Gasteiger partial charge on any atom is 0.389 e. The molecule has 1 aliphatic heterocycles. The molecule has 2 N–H and O–H groups in total. The topological polar surface area (TPSA) is 41.1 Å². The maximum atomic E-state index is 12.1. The second-order valence-electron chi connectivity index (χ2n) is 5.21. The van der Waals surface area contributed by atoms with Crippen molar-refractivity contribution in [2.24, 2.45) is 11.3 Å². The van der Waals surface area contributed by atoms with Gasteiger partial charge in [-0.05, 0) is 25.3 Å². The molecule has 106 valence electrons. The Morgan fingerprint density at radius 2 is 2.11 bits per heavy atom. The maximum absolute atomic E-state index is 12.1. The number of carbonyl (C=O) groups is 1. The molecule has 0 bridgehead atoms. The van der Waals surface area contributed by atoms with Crippen LogP contribution in [0.1, 0.15) is 33.1 Å². The van der Waals surface area contributed by atoms with E-state index in [1.165, 1.54) is 0 Å². The van der Waals surface area contributed by atoms with Crippen molar-refractivity contribution in [3.8, 4) is 0 Å². The quantitative estimate of drug-likeness (QED) is 0.748. The van der Waals surface area contributed by atoms with Gasteiger partial charge in [0.15, 0.2) is 0 Å². The van der Waals surface area contributed by atoms with Crippen LogP contribution in [0.4, 0.5) is 13.2 Å². The standard InChI is InChI=1S/C12H21F3N2O/c1-9(2)11(5-7-16-8-11)10(18)17-6-3-4-12(13,14)15/h9,16H,3-8H2,1-2H3,(H,17,18). The third-order valence-electron chi connectivity index (χ3n) is 3.67. The van der Waals surface area contributed by atoms with Crippen molar-refractivity contribution in [2.45, 2.75) is 39.3 Å². The molecule has 1 aliphatic rings. The molecule has 3 nitrogen and oxygen atoms in total. The molecular formula is C12H21F3N2O. The number of hydrogen-bond acceptors (Lipinski definition) is 2. The molecule has 1 atom stereocenters. The SMILES string of the molecule is CC(C)C1(C(=O)NCCCC(F)(F)F)CCNC1. The van der Waals surface area contributed by atoms with Crippen molar-refractivity contribution < 1.29 is 18.0 Å².